The van der Waals surface area contributed by atoms with E-state index in [1.807, 2.05) is 30.3 Å². The molecule has 0 radical (unpaired) electrons. The van der Waals surface area contributed by atoms with E-state index in [9.17, 15) is 9.13 Å². The van der Waals surface area contributed by atoms with Crippen LogP contribution in [0.5, 0.6) is 0 Å². The molecule has 1 fully saturated rings. The molecule has 11 nitrogen and oxygen atoms in total. The van der Waals surface area contributed by atoms with Gasteiger partial charge in [-0.25, -0.2) is 4.68 Å². The maximum Gasteiger partial charge on any atom is 0.521 e. The van der Waals surface area contributed by atoms with E-state index in [2.05, 4.69) is 20.4 Å². The summed E-state index contributed by atoms with van der Waals surface area (Å²) in [5.41, 5.74) is 1.60. The highest BCUT2D eigenvalue weighted by Gasteiger charge is 2.35. The van der Waals surface area contributed by atoms with E-state index in [0.29, 0.717) is 36.2 Å². The Kier molecular flexibility index (Phi) is 7.17. The van der Waals surface area contributed by atoms with Gasteiger partial charge < -0.3 is 19.8 Å². The van der Waals surface area contributed by atoms with E-state index in [0.717, 1.165) is 5.56 Å². The monoisotopic (exact) mass is 500 g/mol. The molecule has 0 bridgehead atoms. The lowest BCUT2D eigenvalue weighted by Crippen LogP contribution is -2.16. The Morgan fingerprint density at radius 1 is 1.28 bits per heavy atom. The Labute approximate surface area is 189 Å². The fourth-order valence-corrected chi connectivity index (χ4v) is 5.40. The SMILES string of the molecule is O=[P+](CP(=O)(O)O)OCC1CCC(n2ncc3c(NCc4ccccc4)nc(Cl)nc32)O1. The van der Waals surface area contributed by atoms with Crippen LogP contribution in [-0.2, 0) is 24.9 Å². The molecule has 0 amide bonds. The zero-order valence-electron chi connectivity index (χ0n) is 16.7. The molecule has 0 saturated carbocycles. The average molecular weight is 501 g/mol. The summed E-state index contributed by atoms with van der Waals surface area (Å²) in [4.78, 5) is 26.3. The molecule has 14 heteroatoms. The Morgan fingerprint density at radius 3 is 2.81 bits per heavy atom. The molecule has 32 heavy (non-hydrogen) atoms. The van der Waals surface area contributed by atoms with Crippen LogP contribution in [0.15, 0.2) is 36.5 Å². The van der Waals surface area contributed by atoms with Crippen LogP contribution in [0.2, 0.25) is 5.28 Å². The first-order chi connectivity index (χ1) is 15.3. The fraction of sp³-hybridized carbons (Fsp3) is 0.389. The van der Waals surface area contributed by atoms with Crippen molar-refractivity contribution in [3.05, 3.63) is 47.4 Å². The molecule has 170 valence electrons. The number of rotatable bonds is 9. The standard InChI is InChI=1S/C18H20ClN5O6P2/c19-18-22-16(20-8-12-4-2-1-3-5-12)14-9-21-24(17(14)23-18)15-7-6-13(30-15)10-29-31(25)11-32(26,27)28/h1-5,9,13,15H,6-8,10-11H2,(H2-,20,22,23,26,27,28)/p+1. The van der Waals surface area contributed by atoms with Crippen LogP contribution in [0.1, 0.15) is 24.6 Å². The van der Waals surface area contributed by atoms with Crippen LogP contribution in [0, 0.1) is 0 Å². The second-order valence-corrected chi connectivity index (χ2v) is 11.0. The van der Waals surface area contributed by atoms with Crippen molar-refractivity contribution in [2.75, 3.05) is 17.8 Å². The summed E-state index contributed by atoms with van der Waals surface area (Å²) in [5.74, 6) is -0.251. The highest BCUT2D eigenvalue weighted by Crippen LogP contribution is 2.45. The van der Waals surface area contributed by atoms with Crippen LogP contribution in [0.3, 0.4) is 0 Å². The van der Waals surface area contributed by atoms with Crippen molar-refractivity contribution in [2.45, 2.75) is 31.7 Å². The highest BCUT2D eigenvalue weighted by molar-refractivity contribution is 7.64. The third-order valence-corrected chi connectivity index (χ3v) is 7.79. The summed E-state index contributed by atoms with van der Waals surface area (Å²) in [6.07, 6.45) is 2.03. The van der Waals surface area contributed by atoms with Gasteiger partial charge in [0.15, 0.2) is 11.9 Å². The fourth-order valence-electron chi connectivity index (χ4n) is 3.37. The molecule has 0 aliphatic carbocycles. The number of nitrogens with zero attached hydrogens (tertiary/aromatic N) is 4. The summed E-state index contributed by atoms with van der Waals surface area (Å²) in [6.45, 7) is 0.519. The second kappa shape index (κ2) is 9.89. The minimum Gasteiger partial charge on any atom is -0.365 e. The number of hydrogen-bond acceptors (Lipinski definition) is 8. The number of hydrogen-bond donors (Lipinski definition) is 3. The van der Waals surface area contributed by atoms with E-state index in [1.54, 1.807) is 10.9 Å². The molecular weight excluding hydrogens is 480 g/mol. The molecule has 3 unspecified atom stereocenters. The molecule has 0 spiro atoms. The highest BCUT2D eigenvalue weighted by atomic mass is 35.5. The summed E-state index contributed by atoms with van der Waals surface area (Å²) in [6, 6.07) is 9.86. The molecule has 2 aromatic heterocycles. The quantitative estimate of drug-likeness (QED) is 0.293. The molecule has 4 rings (SSSR count). The van der Waals surface area contributed by atoms with Gasteiger partial charge >= 0.3 is 15.6 Å². The number of nitrogens with one attached hydrogen (secondary N) is 1. The maximum atomic E-state index is 11.7. The van der Waals surface area contributed by atoms with Crippen molar-refractivity contribution < 1.29 is 28.2 Å². The van der Waals surface area contributed by atoms with Gasteiger partial charge in [-0.05, 0) is 34.6 Å². The van der Waals surface area contributed by atoms with E-state index in [-0.39, 0.29) is 18.0 Å². The molecule has 1 aromatic carbocycles. The molecule has 1 saturated heterocycles. The van der Waals surface area contributed by atoms with Gasteiger partial charge in [-0.15, -0.1) is 4.52 Å². The molecule has 3 aromatic rings. The number of ether oxygens (including phenoxy) is 1. The van der Waals surface area contributed by atoms with Gasteiger partial charge in [0.25, 0.3) is 5.90 Å². The predicted octanol–water partition coefficient (Wildman–Crippen LogP) is 3.66. The second-order valence-electron chi connectivity index (χ2n) is 7.23. The summed E-state index contributed by atoms with van der Waals surface area (Å²) < 4.78 is 35.2. The van der Waals surface area contributed by atoms with E-state index in [1.165, 1.54) is 0 Å². The van der Waals surface area contributed by atoms with Crippen LogP contribution in [0.25, 0.3) is 11.0 Å². The van der Waals surface area contributed by atoms with Crippen molar-refractivity contribution in [1.29, 1.82) is 0 Å². The van der Waals surface area contributed by atoms with Gasteiger partial charge in [-0.2, -0.15) is 15.1 Å². The number of benzene rings is 1. The first kappa shape index (κ1) is 23.2. The minimum absolute atomic E-state index is 0.0372. The lowest BCUT2D eigenvalue weighted by atomic mass is 10.2. The molecule has 1 aliphatic rings. The van der Waals surface area contributed by atoms with E-state index >= 15 is 0 Å². The first-order valence-corrected chi connectivity index (χ1v) is 13.3. The zero-order chi connectivity index (χ0) is 22.7. The zero-order valence-corrected chi connectivity index (χ0v) is 19.3. The first-order valence-electron chi connectivity index (χ1n) is 9.74. The van der Waals surface area contributed by atoms with Gasteiger partial charge in [-0.1, -0.05) is 30.3 Å². The topological polar surface area (TPSA) is 149 Å². The normalized spacial score (nSPS) is 19.4. The van der Waals surface area contributed by atoms with Gasteiger partial charge in [0.05, 0.1) is 17.7 Å². The third-order valence-electron chi connectivity index (χ3n) is 4.79. The third kappa shape index (κ3) is 5.88. The molecule has 1 aliphatic heterocycles. The Balaban J connectivity index is 1.43. The van der Waals surface area contributed by atoms with Crippen LogP contribution < -0.4 is 5.32 Å². The van der Waals surface area contributed by atoms with Gasteiger partial charge in [0, 0.05) is 6.54 Å². The smallest absolute Gasteiger partial charge is 0.365 e. The van der Waals surface area contributed by atoms with Crippen LogP contribution in [0.4, 0.5) is 5.82 Å². The summed E-state index contributed by atoms with van der Waals surface area (Å²) in [5, 5.41) is 8.43. The molecule has 3 atom stereocenters. The molecule has 3 N–H and O–H groups in total. The average Bonchev–Trinajstić information content (AvgIpc) is 3.36. The number of halogens is 1. The molecule has 3 heterocycles. The Morgan fingerprint density at radius 2 is 2.06 bits per heavy atom. The van der Waals surface area contributed by atoms with Crippen molar-refractivity contribution in [2.24, 2.45) is 0 Å². The van der Waals surface area contributed by atoms with Gasteiger partial charge in [-0.3, -0.25) is 4.57 Å². The Hall–Kier alpha value is -1.97. The Bertz CT molecular complexity index is 1160. The van der Waals surface area contributed by atoms with Gasteiger partial charge in [0.1, 0.15) is 12.4 Å². The number of anilines is 1. The van der Waals surface area contributed by atoms with Crippen molar-refractivity contribution in [1.82, 2.24) is 19.7 Å². The minimum atomic E-state index is -4.39. The van der Waals surface area contributed by atoms with Crippen molar-refractivity contribution in [3.8, 4) is 0 Å². The maximum absolute atomic E-state index is 11.7. The summed E-state index contributed by atoms with van der Waals surface area (Å²) >= 11 is 6.15. The van der Waals surface area contributed by atoms with Crippen molar-refractivity contribution in [3.63, 3.8) is 0 Å². The van der Waals surface area contributed by atoms with Gasteiger partial charge in [0.2, 0.25) is 5.28 Å². The van der Waals surface area contributed by atoms with Crippen molar-refractivity contribution >= 4 is 44.1 Å². The largest absolute Gasteiger partial charge is 0.521 e. The van der Waals surface area contributed by atoms with Crippen LogP contribution >= 0.6 is 27.2 Å². The van der Waals surface area contributed by atoms with E-state index in [4.69, 9.17) is 30.6 Å². The predicted molar refractivity (Wildman–Crippen MR) is 118 cm³/mol. The molecular formula is C18H21ClN5O6P2+. The summed E-state index contributed by atoms with van der Waals surface area (Å²) in [7, 11) is -6.86. The number of aromatic nitrogens is 4. The van der Waals surface area contributed by atoms with E-state index < -0.39 is 27.8 Å². The van der Waals surface area contributed by atoms with Crippen LogP contribution in [-0.4, -0.2) is 48.1 Å². The lowest BCUT2D eigenvalue weighted by molar-refractivity contribution is -0.0205. The number of fused-ring (bicyclic) bond motifs is 1. The lowest BCUT2D eigenvalue weighted by Gasteiger charge is -2.13.